The standard InChI is InChI=1S/C6H8O6.3Na.H2O.3H/c7-4(8)1-3(6(11)12)2-5(9)10;;;;;;;/h3H,1-2H2,(H,7,8)(H,9,10)(H,11,12);;;;1H2;;;/q;3*+1;;3*-1. The predicted octanol–water partition coefficient (Wildman–Crippen LogP) is -9.84. The van der Waals surface area contributed by atoms with Crippen molar-refractivity contribution in [3.63, 3.8) is 0 Å². The second-order valence-electron chi connectivity index (χ2n) is 2.23. The third kappa shape index (κ3) is 17.8. The number of hydrogen-bond acceptors (Lipinski definition) is 3. The molecular weight excluding hydrogens is 253 g/mol. The van der Waals surface area contributed by atoms with E-state index in [-0.39, 0.29) is 98.4 Å². The maximum atomic E-state index is 10.2. The number of hydrogen-bond donors (Lipinski definition) is 3. The van der Waals surface area contributed by atoms with Gasteiger partial charge in [0.2, 0.25) is 0 Å². The van der Waals surface area contributed by atoms with Crippen LogP contribution in [0.25, 0.3) is 0 Å². The number of carbonyl (C=O) groups is 3. The Balaban J connectivity index is -0.0000000288. The summed E-state index contributed by atoms with van der Waals surface area (Å²) in [6.45, 7) is 0. The maximum absolute atomic E-state index is 10.2. The summed E-state index contributed by atoms with van der Waals surface area (Å²) >= 11 is 0. The van der Waals surface area contributed by atoms with Gasteiger partial charge in [-0.2, -0.15) is 0 Å². The minimum absolute atomic E-state index is 0. The van der Waals surface area contributed by atoms with Crippen LogP contribution in [0.5, 0.6) is 0 Å². The van der Waals surface area contributed by atoms with E-state index in [9.17, 15) is 14.4 Å². The Kier molecular flexibility index (Phi) is 31.1. The van der Waals surface area contributed by atoms with Crippen LogP contribution in [-0.4, -0.2) is 38.7 Å². The minimum Gasteiger partial charge on any atom is -1.00 e. The van der Waals surface area contributed by atoms with Gasteiger partial charge in [-0.3, -0.25) is 14.4 Å². The van der Waals surface area contributed by atoms with Gasteiger partial charge in [0.1, 0.15) is 0 Å². The van der Waals surface area contributed by atoms with Gasteiger partial charge in [0.05, 0.1) is 18.8 Å². The summed E-state index contributed by atoms with van der Waals surface area (Å²) in [5.74, 6) is -5.38. The van der Waals surface area contributed by atoms with Gasteiger partial charge in [0.15, 0.2) is 0 Å². The van der Waals surface area contributed by atoms with Gasteiger partial charge in [0.25, 0.3) is 0 Å². The van der Waals surface area contributed by atoms with Crippen LogP contribution in [0.4, 0.5) is 0 Å². The van der Waals surface area contributed by atoms with Crippen LogP contribution in [0.2, 0.25) is 0 Å². The molecule has 82 valence electrons. The summed E-state index contributed by atoms with van der Waals surface area (Å²) in [6.07, 6.45) is -1.33. The zero-order chi connectivity index (χ0) is 9.72. The van der Waals surface area contributed by atoms with E-state index in [0.29, 0.717) is 0 Å². The Morgan fingerprint density at radius 1 is 0.875 bits per heavy atom. The molecule has 0 rings (SSSR count). The second-order valence-corrected chi connectivity index (χ2v) is 2.23. The number of aliphatic carboxylic acids is 3. The summed E-state index contributed by atoms with van der Waals surface area (Å²) in [5.41, 5.74) is 0. The quantitative estimate of drug-likeness (QED) is 0.421. The van der Waals surface area contributed by atoms with E-state index >= 15 is 0 Å². The summed E-state index contributed by atoms with van der Waals surface area (Å²) in [4.78, 5) is 30.3. The topological polar surface area (TPSA) is 143 Å². The molecule has 0 aliphatic rings. The molecule has 0 spiro atoms. The van der Waals surface area contributed by atoms with Crippen molar-refractivity contribution in [2.75, 3.05) is 0 Å². The van der Waals surface area contributed by atoms with E-state index in [1.165, 1.54) is 0 Å². The Morgan fingerprint density at radius 3 is 1.25 bits per heavy atom. The van der Waals surface area contributed by atoms with E-state index in [0.717, 1.165) is 0 Å². The maximum Gasteiger partial charge on any atom is 1.00 e. The van der Waals surface area contributed by atoms with Gasteiger partial charge in [-0.1, -0.05) is 0 Å². The molecule has 0 heterocycles. The SMILES string of the molecule is O.O=C(O)CC(CC(=O)O)C(=O)O.[H-].[H-].[H-].[Na+].[Na+].[Na+]. The summed E-state index contributed by atoms with van der Waals surface area (Å²) in [7, 11) is 0. The third-order valence-electron chi connectivity index (χ3n) is 1.19. The zero-order valence-electron chi connectivity index (χ0n) is 12.6. The molecule has 0 radical (unpaired) electrons. The van der Waals surface area contributed by atoms with Crippen molar-refractivity contribution in [1.29, 1.82) is 0 Å². The summed E-state index contributed by atoms with van der Waals surface area (Å²) in [6, 6.07) is 0. The fraction of sp³-hybridized carbons (Fsp3) is 0.500. The zero-order valence-corrected chi connectivity index (χ0v) is 15.6. The van der Waals surface area contributed by atoms with Crippen molar-refractivity contribution < 1.29 is 128 Å². The number of carboxylic acid groups (broad SMARTS) is 3. The van der Waals surface area contributed by atoms with Crippen molar-refractivity contribution in [1.82, 2.24) is 0 Å². The van der Waals surface area contributed by atoms with E-state index in [4.69, 9.17) is 15.3 Å². The first-order valence-electron chi connectivity index (χ1n) is 3.10. The van der Waals surface area contributed by atoms with E-state index in [2.05, 4.69) is 0 Å². The molecule has 16 heavy (non-hydrogen) atoms. The van der Waals surface area contributed by atoms with Gasteiger partial charge in [-0.25, -0.2) is 0 Å². The van der Waals surface area contributed by atoms with Gasteiger partial charge >= 0.3 is 107 Å². The first-order valence-corrected chi connectivity index (χ1v) is 3.10. The van der Waals surface area contributed by atoms with Crippen LogP contribution in [-0.2, 0) is 14.4 Å². The molecule has 0 aromatic carbocycles. The van der Waals surface area contributed by atoms with Crippen molar-refractivity contribution in [3.05, 3.63) is 0 Å². The largest absolute Gasteiger partial charge is 1.00 e. The molecule has 0 fully saturated rings. The average molecular weight is 266 g/mol. The summed E-state index contributed by atoms with van der Waals surface area (Å²) in [5, 5.41) is 24.7. The molecule has 0 saturated heterocycles. The third-order valence-corrected chi connectivity index (χ3v) is 1.19. The Hall–Kier alpha value is 1.37. The van der Waals surface area contributed by atoms with E-state index in [1.54, 1.807) is 0 Å². The van der Waals surface area contributed by atoms with Gasteiger partial charge in [0, 0.05) is 0 Å². The first-order chi connectivity index (χ1) is 5.43. The first kappa shape index (κ1) is 30.4. The monoisotopic (exact) mass is 266 g/mol. The second kappa shape index (κ2) is 16.4. The van der Waals surface area contributed by atoms with Crippen molar-refractivity contribution in [3.8, 4) is 0 Å². The van der Waals surface area contributed by atoms with Gasteiger partial charge < -0.3 is 25.1 Å². The molecule has 0 saturated carbocycles. The van der Waals surface area contributed by atoms with E-state index < -0.39 is 36.7 Å². The van der Waals surface area contributed by atoms with E-state index in [1.807, 2.05) is 0 Å². The molecule has 7 nitrogen and oxygen atoms in total. The number of carboxylic acids is 3. The molecule has 0 amide bonds. The van der Waals surface area contributed by atoms with Crippen molar-refractivity contribution in [2.24, 2.45) is 5.92 Å². The molecule has 0 aliphatic heterocycles. The molecule has 0 atom stereocenters. The summed E-state index contributed by atoms with van der Waals surface area (Å²) < 4.78 is 0. The predicted molar refractivity (Wildman–Crippen MR) is 42.6 cm³/mol. The van der Waals surface area contributed by atoms with Crippen LogP contribution in [0.3, 0.4) is 0 Å². The molecule has 0 aromatic heterocycles. The minimum atomic E-state index is -1.40. The fourth-order valence-corrected chi connectivity index (χ4v) is 0.668. The van der Waals surface area contributed by atoms with Crippen LogP contribution in [0.1, 0.15) is 17.1 Å². The molecule has 0 bridgehead atoms. The Labute approximate surface area is 163 Å². The normalized spacial score (nSPS) is 7.31. The fourth-order valence-electron chi connectivity index (χ4n) is 0.668. The van der Waals surface area contributed by atoms with Crippen molar-refractivity contribution in [2.45, 2.75) is 12.8 Å². The molecule has 0 aromatic rings. The molecule has 0 aliphatic carbocycles. The molecule has 0 unspecified atom stereocenters. The van der Waals surface area contributed by atoms with Gasteiger partial charge in [-0.15, -0.1) is 0 Å². The van der Waals surface area contributed by atoms with Crippen LogP contribution < -0.4 is 88.7 Å². The molecule has 5 N–H and O–H groups in total. The Morgan fingerprint density at radius 2 is 1.12 bits per heavy atom. The number of rotatable bonds is 5. The van der Waals surface area contributed by atoms with Crippen LogP contribution >= 0.6 is 0 Å². The molecule has 10 heteroatoms. The molecular formula is C6H13Na3O7. The smallest absolute Gasteiger partial charge is 1.00 e. The Bertz CT molecular complexity index is 216. The van der Waals surface area contributed by atoms with Crippen molar-refractivity contribution >= 4 is 17.9 Å². The van der Waals surface area contributed by atoms with Gasteiger partial charge in [-0.05, 0) is 0 Å². The van der Waals surface area contributed by atoms with Crippen LogP contribution in [0.15, 0.2) is 0 Å². The van der Waals surface area contributed by atoms with Crippen LogP contribution in [0, 0.1) is 5.92 Å². The average Bonchev–Trinajstić information content (AvgIpc) is 1.83.